The molecule has 10 nitrogen and oxygen atoms in total. The molecule has 0 spiro atoms. The number of piperidine rings is 1. The fourth-order valence-corrected chi connectivity index (χ4v) is 6.91. The molecule has 2 heterocycles. The number of methoxy groups -OCH3 is 3. The molecule has 0 radical (unpaired) electrons. The van der Waals surface area contributed by atoms with Gasteiger partial charge < -0.3 is 34.1 Å². The van der Waals surface area contributed by atoms with E-state index in [1.54, 1.807) is 33.3 Å². The maximum Gasteiger partial charge on any atom is 0.255 e. The quantitative estimate of drug-likeness (QED) is 0.236. The van der Waals surface area contributed by atoms with E-state index in [9.17, 15) is 19.6 Å². The fraction of sp³-hybridized carbons (Fsp3) is 0.588. The van der Waals surface area contributed by atoms with Crippen molar-refractivity contribution in [3.63, 3.8) is 0 Å². The molecule has 4 rings (SSSR count). The Balaban J connectivity index is 1.28. The molecule has 1 fully saturated rings. The molecule has 238 valence electrons. The van der Waals surface area contributed by atoms with E-state index in [2.05, 4.69) is 28.4 Å². The molecular formula is C34H46N4O6. The smallest absolute Gasteiger partial charge is 0.255 e. The number of allylic oxidation sites excluding steroid dienone is 1. The Morgan fingerprint density at radius 1 is 1.18 bits per heavy atom. The Morgan fingerprint density at radius 3 is 2.59 bits per heavy atom. The zero-order valence-corrected chi connectivity index (χ0v) is 26.5. The number of amides is 2. The van der Waals surface area contributed by atoms with Crippen LogP contribution >= 0.6 is 0 Å². The van der Waals surface area contributed by atoms with Gasteiger partial charge in [0.15, 0.2) is 11.5 Å². The maximum absolute atomic E-state index is 13.2. The Bertz CT molecular complexity index is 1310. The number of rotatable bonds is 15. The lowest BCUT2D eigenvalue weighted by molar-refractivity contribution is -0.125. The third-order valence-electron chi connectivity index (χ3n) is 9.44. The van der Waals surface area contributed by atoms with Crippen LogP contribution in [-0.2, 0) is 36.8 Å². The van der Waals surface area contributed by atoms with Gasteiger partial charge in [0.2, 0.25) is 5.91 Å². The van der Waals surface area contributed by atoms with Crippen LogP contribution in [0.3, 0.4) is 0 Å². The molecule has 44 heavy (non-hydrogen) atoms. The van der Waals surface area contributed by atoms with Gasteiger partial charge in [0.05, 0.1) is 25.7 Å². The number of carbonyl (C=O) groups is 3. The van der Waals surface area contributed by atoms with Crippen molar-refractivity contribution >= 4 is 18.1 Å². The molecule has 2 unspecified atom stereocenters. The molecule has 2 aliphatic heterocycles. The molecule has 0 aromatic heterocycles. The highest BCUT2D eigenvalue weighted by Crippen LogP contribution is 2.45. The number of benzene rings is 1. The molecule has 3 aliphatic rings. The summed E-state index contributed by atoms with van der Waals surface area (Å²) >= 11 is 0. The number of nitriles is 1. The second-order valence-electron chi connectivity index (χ2n) is 11.8. The standard InChI is InChI=1S/C34H46N4O6/c1-36-32(40)28(13-9-21-39)38-22-26-24(11-8-12-25(26)33(38)41)10-6-5-7-18-37-19-16-34(23-35,17-20-37)27-14-15-29(42-2)31(44-4)30(27)43-3/h8,11-12,14,21,28-29H,5-7,9-10,13,15-20,22H2,1-4H3,(H,36,40). The molecular weight excluding hydrogens is 560 g/mol. The van der Waals surface area contributed by atoms with Gasteiger partial charge in [-0.15, -0.1) is 0 Å². The number of nitrogens with zero attached hydrogens (tertiary/aromatic N) is 3. The first kappa shape index (κ1) is 33.2. The summed E-state index contributed by atoms with van der Waals surface area (Å²) in [4.78, 5) is 40.7. The highest BCUT2D eigenvalue weighted by atomic mass is 16.5. The lowest BCUT2D eigenvalue weighted by Gasteiger charge is -2.40. The monoisotopic (exact) mass is 606 g/mol. The topological polar surface area (TPSA) is 121 Å². The van der Waals surface area contributed by atoms with Crippen LogP contribution in [0.1, 0.15) is 72.9 Å². The van der Waals surface area contributed by atoms with Gasteiger partial charge >= 0.3 is 0 Å². The van der Waals surface area contributed by atoms with E-state index < -0.39 is 11.5 Å². The van der Waals surface area contributed by atoms with Crippen molar-refractivity contribution in [3.8, 4) is 6.07 Å². The van der Waals surface area contributed by atoms with Crippen molar-refractivity contribution in [1.29, 1.82) is 5.26 Å². The van der Waals surface area contributed by atoms with E-state index in [1.165, 1.54) is 0 Å². The molecule has 1 aromatic carbocycles. The minimum Gasteiger partial charge on any atom is -0.494 e. The molecule has 1 saturated heterocycles. The highest BCUT2D eigenvalue weighted by Gasteiger charge is 2.43. The number of aryl methyl sites for hydroxylation is 1. The number of ether oxygens (including phenoxy) is 3. The van der Waals surface area contributed by atoms with Crippen LogP contribution in [0.5, 0.6) is 0 Å². The molecule has 2 amide bonds. The molecule has 1 aromatic rings. The first-order chi connectivity index (χ1) is 21.4. The van der Waals surface area contributed by atoms with Crippen LogP contribution in [0.4, 0.5) is 0 Å². The number of carbonyl (C=O) groups excluding carboxylic acids is 3. The average Bonchev–Trinajstić information content (AvgIpc) is 3.40. The van der Waals surface area contributed by atoms with Crippen LogP contribution < -0.4 is 5.32 Å². The number of likely N-dealkylation sites (N-methyl/N-ethyl adjacent to an activating group) is 1. The summed E-state index contributed by atoms with van der Waals surface area (Å²) in [6, 6.07) is 7.80. The van der Waals surface area contributed by atoms with Crippen molar-refractivity contribution in [2.75, 3.05) is 48.0 Å². The second-order valence-corrected chi connectivity index (χ2v) is 11.8. The number of likely N-dealkylation sites (tertiary alicyclic amines) is 1. The summed E-state index contributed by atoms with van der Waals surface area (Å²) in [5.41, 5.74) is 3.12. The fourth-order valence-electron chi connectivity index (χ4n) is 6.91. The van der Waals surface area contributed by atoms with E-state index in [1.807, 2.05) is 12.1 Å². The van der Waals surface area contributed by atoms with E-state index in [0.29, 0.717) is 36.5 Å². The van der Waals surface area contributed by atoms with Gasteiger partial charge in [-0.05, 0) is 81.8 Å². The third kappa shape index (κ3) is 6.84. The van der Waals surface area contributed by atoms with E-state index in [0.717, 1.165) is 81.1 Å². The van der Waals surface area contributed by atoms with Gasteiger partial charge in [-0.25, -0.2) is 0 Å². The molecule has 10 heteroatoms. The van der Waals surface area contributed by atoms with Gasteiger partial charge in [0.1, 0.15) is 18.4 Å². The molecule has 0 bridgehead atoms. The van der Waals surface area contributed by atoms with Gasteiger partial charge in [-0.1, -0.05) is 24.6 Å². The zero-order chi connectivity index (χ0) is 31.7. The molecule has 1 N–H and O–H groups in total. The van der Waals surface area contributed by atoms with Crippen molar-refractivity contribution in [2.24, 2.45) is 5.41 Å². The highest BCUT2D eigenvalue weighted by molar-refractivity contribution is 6.01. The Labute approximate surface area is 261 Å². The summed E-state index contributed by atoms with van der Waals surface area (Å²) in [6.45, 7) is 3.06. The summed E-state index contributed by atoms with van der Waals surface area (Å²) in [6.07, 6.45) is 9.31. The lowest BCUT2D eigenvalue weighted by atomic mass is 9.71. The predicted octanol–water partition coefficient (Wildman–Crippen LogP) is 3.90. The van der Waals surface area contributed by atoms with Crippen LogP contribution in [0.15, 0.2) is 41.4 Å². The minimum absolute atomic E-state index is 0.144. The molecule has 2 atom stereocenters. The number of unbranched alkanes of at least 4 members (excludes halogenated alkanes) is 2. The van der Waals surface area contributed by atoms with Crippen LogP contribution in [0.25, 0.3) is 0 Å². The van der Waals surface area contributed by atoms with E-state index in [4.69, 9.17) is 14.2 Å². The van der Waals surface area contributed by atoms with E-state index in [-0.39, 0.29) is 24.3 Å². The van der Waals surface area contributed by atoms with E-state index >= 15 is 0 Å². The number of hydrogen-bond acceptors (Lipinski definition) is 8. The van der Waals surface area contributed by atoms with Gasteiger partial charge in [0.25, 0.3) is 5.91 Å². The minimum atomic E-state index is -0.655. The Morgan fingerprint density at radius 2 is 1.95 bits per heavy atom. The predicted molar refractivity (Wildman–Crippen MR) is 165 cm³/mol. The van der Waals surface area contributed by atoms with Crippen molar-refractivity contribution in [3.05, 3.63) is 58.1 Å². The van der Waals surface area contributed by atoms with Crippen LogP contribution in [0.2, 0.25) is 0 Å². The molecule has 1 aliphatic carbocycles. The average molecular weight is 607 g/mol. The Kier molecular flexibility index (Phi) is 11.6. The normalized spacial score (nSPS) is 20.4. The third-order valence-corrected chi connectivity index (χ3v) is 9.44. The number of fused-ring (bicyclic) bond motifs is 1. The summed E-state index contributed by atoms with van der Waals surface area (Å²) in [5.74, 6) is 0.886. The number of nitrogens with one attached hydrogen (secondary N) is 1. The second kappa shape index (κ2) is 15.4. The molecule has 0 saturated carbocycles. The van der Waals surface area contributed by atoms with Gasteiger partial charge in [-0.2, -0.15) is 5.26 Å². The summed E-state index contributed by atoms with van der Waals surface area (Å²) < 4.78 is 16.9. The van der Waals surface area contributed by atoms with Crippen molar-refractivity contribution in [2.45, 2.75) is 76.5 Å². The van der Waals surface area contributed by atoms with Crippen LogP contribution in [-0.4, -0.2) is 88.1 Å². The SMILES string of the molecule is CNC(=O)C(CCC=O)N1Cc2c(CCCCCN3CCC(C#N)(C4=CCC(OC)C(OC)=C4OC)CC3)cccc2C1=O. The summed E-state index contributed by atoms with van der Waals surface area (Å²) in [7, 11) is 6.44. The lowest BCUT2D eigenvalue weighted by Crippen LogP contribution is -2.46. The zero-order valence-electron chi connectivity index (χ0n) is 26.5. The van der Waals surface area contributed by atoms with Crippen molar-refractivity contribution in [1.82, 2.24) is 15.1 Å². The Hall–Kier alpha value is -3.68. The summed E-state index contributed by atoms with van der Waals surface area (Å²) in [5, 5.41) is 13.0. The first-order valence-electron chi connectivity index (χ1n) is 15.6. The maximum atomic E-state index is 13.2. The number of aldehydes is 1. The van der Waals surface area contributed by atoms with Crippen LogP contribution in [0, 0.1) is 16.7 Å². The van der Waals surface area contributed by atoms with Gasteiger partial charge in [0, 0.05) is 38.3 Å². The first-order valence-corrected chi connectivity index (χ1v) is 15.6. The van der Waals surface area contributed by atoms with Crippen molar-refractivity contribution < 1.29 is 28.6 Å². The largest absolute Gasteiger partial charge is 0.494 e. The number of hydrogen-bond donors (Lipinski definition) is 1. The van der Waals surface area contributed by atoms with Gasteiger partial charge in [-0.3, -0.25) is 9.59 Å².